The molecular weight excluding hydrogens is 252 g/mol. The Labute approximate surface area is 122 Å². The van der Waals surface area contributed by atoms with E-state index in [0.29, 0.717) is 10.8 Å². The number of benzene rings is 1. The molecule has 3 heteroatoms. The topological polar surface area (TPSA) is 46.5 Å². The van der Waals surface area contributed by atoms with Crippen molar-refractivity contribution in [3.05, 3.63) is 35.9 Å². The first-order valence-corrected chi connectivity index (χ1v) is 7.02. The first-order valence-electron chi connectivity index (χ1n) is 7.02. The van der Waals surface area contributed by atoms with Gasteiger partial charge >= 0.3 is 6.47 Å². The van der Waals surface area contributed by atoms with Crippen LogP contribution in [-0.2, 0) is 15.1 Å². The van der Waals surface area contributed by atoms with Gasteiger partial charge in [0.2, 0.25) is 0 Å². The Morgan fingerprint density at radius 3 is 1.95 bits per heavy atom. The molecule has 0 spiro atoms. The lowest BCUT2D eigenvalue weighted by atomic mass is 9.78. The lowest BCUT2D eigenvalue weighted by molar-refractivity contribution is -0.217. The SMILES string of the molecule is CC(C)(C)CCCC(C)(C)c1ccccc1.O=COO. The molecule has 0 atom stereocenters. The van der Waals surface area contributed by atoms with E-state index < -0.39 is 0 Å². The average Bonchev–Trinajstić information content (AvgIpc) is 2.38. The third kappa shape index (κ3) is 8.70. The van der Waals surface area contributed by atoms with Gasteiger partial charge in [0.05, 0.1) is 0 Å². The molecule has 1 rings (SSSR count). The fraction of sp³-hybridized carbons (Fsp3) is 0.588. The summed E-state index contributed by atoms with van der Waals surface area (Å²) in [5.41, 5.74) is 2.24. The van der Waals surface area contributed by atoms with Crippen molar-refractivity contribution in [2.45, 2.75) is 59.3 Å². The average molecular weight is 280 g/mol. The van der Waals surface area contributed by atoms with Crippen LogP contribution in [0.3, 0.4) is 0 Å². The normalized spacial score (nSPS) is 11.3. The van der Waals surface area contributed by atoms with Gasteiger partial charge in [-0.3, -0.25) is 4.79 Å². The van der Waals surface area contributed by atoms with E-state index in [1.165, 1.54) is 24.8 Å². The molecule has 0 radical (unpaired) electrons. The first kappa shape index (κ1) is 18.7. The van der Waals surface area contributed by atoms with Gasteiger partial charge in [-0.15, -0.1) is 0 Å². The van der Waals surface area contributed by atoms with Crippen molar-refractivity contribution < 1.29 is 14.9 Å². The smallest absolute Gasteiger partial charge is 0.304 e. The molecule has 0 aliphatic heterocycles. The molecule has 1 aromatic carbocycles. The zero-order valence-electron chi connectivity index (χ0n) is 13.3. The van der Waals surface area contributed by atoms with E-state index in [2.05, 4.69) is 69.8 Å². The maximum absolute atomic E-state index is 8.70. The molecule has 114 valence electrons. The van der Waals surface area contributed by atoms with Crippen molar-refractivity contribution in [2.75, 3.05) is 0 Å². The molecular formula is C17H28O3. The second-order valence-electron chi connectivity index (χ2n) is 6.87. The van der Waals surface area contributed by atoms with Crippen molar-refractivity contribution in [1.29, 1.82) is 0 Å². The molecule has 1 aromatic rings. The number of carbonyl (C=O) groups is 1. The minimum absolute atomic E-state index is 0.0694. The molecule has 0 saturated carbocycles. The molecule has 20 heavy (non-hydrogen) atoms. The summed E-state index contributed by atoms with van der Waals surface area (Å²) in [4.78, 5) is 11.6. The van der Waals surface area contributed by atoms with Crippen molar-refractivity contribution >= 4 is 6.47 Å². The van der Waals surface area contributed by atoms with Gasteiger partial charge in [0.1, 0.15) is 0 Å². The van der Waals surface area contributed by atoms with Crippen LogP contribution < -0.4 is 0 Å². The summed E-state index contributed by atoms with van der Waals surface area (Å²) in [5, 5.41) is 7.01. The third-order valence-electron chi connectivity index (χ3n) is 3.33. The van der Waals surface area contributed by atoms with Crippen LogP contribution in [0.15, 0.2) is 30.3 Å². The second kappa shape index (κ2) is 8.75. The predicted molar refractivity (Wildman–Crippen MR) is 82.6 cm³/mol. The second-order valence-corrected chi connectivity index (χ2v) is 6.87. The van der Waals surface area contributed by atoms with Gasteiger partial charge in [-0.1, -0.05) is 71.4 Å². The van der Waals surface area contributed by atoms with E-state index in [9.17, 15) is 0 Å². The maximum Gasteiger partial charge on any atom is 0.330 e. The molecule has 0 aromatic heterocycles. The largest absolute Gasteiger partial charge is 0.330 e. The summed E-state index contributed by atoms with van der Waals surface area (Å²) < 4.78 is 0. The highest BCUT2D eigenvalue weighted by Gasteiger charge is 2.21. The molecule has 1 N–H and O–H groups in total. The van der Waals surface area contributed by atoms with Crippen LogP contribution in [0.5, 0.6) is 0 Å². The van der Waals surface area contributed by atoms with Crippen molar-refractivity contribution in [3.63, 3.8) is 0 Å². The Kier molecular flexibility index (Phi) is 8.16. The number of carbonyl (C=O) groups excluding carboxylic acids is 1. The lowest BCUT2D eigenvalue weighted by Gasteiger charge is -2.27. The minimum Gasteiger partial charge on any atom is -0.304 e. The Bertz CT molecular complexity index is 364. The Morgan fingerprint density at radius 2 is 1.55 bits per heavy atom. The summed E-state index contributed by atoms with van der Waals surface area (Å²) in [7, 11) is 0. The number of rotatable bonds is 5. The fourth-order valence-corrected chi connectivity index (χ4v) is 2.09. The Balaban J connectivity index is 0.000000796. The van der Waals surface area contributed by atoms with Crippen LogP contribution in [0.4, 0.5) is 0 Å². The van der Waals surface area contributed by atoms with E-state index in [1.54, 1.807) is 0 Å². The number of hydrogen-bond donors (Lipinski definition) is 1. The monoisotopic (exact) mass is 280 g/mol. The molecule has 0 saturated heterocycles. The Hall–Kier alpha value is -1.35. The zero-order valence-corrected chi connectivity index (χ0v) is 13.3. The van der Waals surface area contributed by atoms with Crippen molar-refractivity contribution in [3.8, 4) is 0 Å². The zero-order chi connectivity index (χ0) is 15.6. The Morgan fingerprint density at radius 1 is 1.05 bits per heavy atom. The lowest BCUT2D eigenvalue weighted by Crippen LogP contribution is -2.18. The quantitative estimate of drug-likeness (QED) is 0.478. The summed E-state index contributed by atoms with van der Waals surface area (Å²) in [6.07, 6.45) is 3.89. The molecule has 0 aliphatic carbocycles. The molecule has 0 aliphatic rings. The summed E-state index contributed by atoms with van der Waals surface area (Å²) in [6, 6.07) is 10.9. The molecule has 0 heterocycles. The molecule has 0 bridgehead atoms. The van der Waals surface area contributed by atoms with Gasteiger partial charge in [0.15, 0.2) is 0 Å². The predicted octanol–water partition coefficient (Wildman–Crippen LogP) is 4.81. The van der Waals surface area contributed by atoms with Crippen LogP contribution in [-0.4, -0.2) is 11.7 Å². The maximum atomic E-state index is 8.70. The van der Waals surface area contributed by atoms with Crippen molar-refractivity contribution in [2.24, 2.45) is 5.41 Å². The molecule has 0 unspecified atom stereocenters. The standard InChI is InChI=1S/C16H26.CH2O3/c1-15(2,3)12-9-13-16(4,5)14-10-7-6-8-11-14;2-1-4-3/h6-8,10-11H,9,12-13H2,1-5H3;1,3H. The van der Waals surface area contributed by atoms with Gasteiger partial charge in [-0.25, -0.2) is 5.26 Å². The van der Waals surface area contributed by atoms with Crippen LogP contribution in [0, 0.1) is 5.41 Å². The molecule has 3 nitrogen and oxygen atoms in total. The van der Waals surface area contributed by atoms with E-state index in [0.717, 1.165) is 0 Å². The minimum atomic E-state index is -0.0694. The van der Waals surface area contributed by atoms with Crippen LogP contribution in [0.25, 0.3) is 0 Å². The fourth-order valence-electron chi connectivity index (χ4n) is 2.09. The summed E-state index contributed by atoms with van der Waals surface area (Å²) in [5.74, 6) is 0. The highest BCUT2D eigenvalue weighted by molar-refractivity contribution is 5.35. The van der Waals surface area contributed by atoms with Gasteiger partial charge in [0.25, 0.3) is 0 Å². The number of hydrogen-bond acceptors (Lipinski definition) is 3. The van der Waals surface area contributed by atoms with E-state index >= 15 is 0 Å². The summed E-state index contributed by atoms with van der Waals surface area (Å²) >= 11 is 0. The first-order chi connectivity index (χ1) is 9.23. The highest BCUT2D eigenvalue weighted by atomic mass is 17.1. The van der Waals surface area contributed by atoms with Crippen LogP contribution in [0.2, 0.25) is 0 Å². The van der Waals surface area contributed by atoms with E-state index in [4.69, 9.17) is 10.1 Å². The van der Waals surface area contributed by atoms with Crippen LogP contribution in [0.1, 0.15) is 59.4 Å². The van der Waals surface area contributed by atoms with Gasteiger partial charge in [-0.2, -0.15) is 0 Å². The van der Waals surface area contributed by atoms with Crippen molar-refractivity contribution in [1.82, 2.24) is 0 Å². The summed E-state index contributed by atoms with van der Waals surface area (Å²) in [6.45, 7) is 11.6. The molecule has 0 fully saturated rings. The third-order valence-corrected chi connectivity index (χ3v) is 3.33. The van der Waals surface area contributed by atoms with Gasteiger partial charge < -0.3 is 4.89 Å². The van der Waals surface area contributed by atoms with Crippen LogP contribution >= 0.6 is 0 Å². The van der Waals surface area contributed by atoms with E-state index in [-0.39, 0.29) is 6.47 Å². The van der Waals surface area contributed by atoms with Gasteiger partial charge in [0, 0.05) is 0 Å². The highest BCUT2D eigenvalue weighted by Crippen LogP contribution is 2.31. The van der Waals surface area contributed by atoms with Gasteiger partial charge in [-0.05, 0) is 29.2 Å². The molecule has 0 amide bonds. The van der Waals surface area contributed by atoms with E-state index in [1.807, 2.05) is 0 Å².